The average Bonchev–Trinajstić information content (AvgIpc) is 2.63. The zero-order valence-corrected chi connectivity index (χ0v) is 22.3. The topological polar surface area (TPSA) is 20.3 Å². The summed E-state index contributed by atoms with van der Waals surface area (Å²) in [4.78, 5) is 13.8. The van der Waals surface area contributed by atoms with Crippen LogP contribution in [-0.2, 0) is 4.79 Å². The molecule has 0 rings (SSSR count). The molecular weight excluding hydrogens is 452 g/mol. The molecule has 0 radical (unpaired) electrons. The number of nitrogens with zero attached hydrogens (tertiary/aromatic N) is 1. The van der Waals surface area contributed by atoms with Gasteiger partial charge in [-0.05, 0) is 43.3 Å². The summed E-state index contributed by atoms with van der Waals surface area (Å²) in [5, 5.41) is 0.863. The summed E-state index contributed by atoms with van der Waals surface area (Å²) < 4.78 is 30.6. The van der Waals surface area contributed by atoms with E-state index in [0.29, 0.717) is 23.0 Å². The zero-order valence-electron chi connectivity index (χ0n) is 19.7. The Morgan fingerprint density at radius 2 is 1.45 bits per heavy atom. The van der Waals surface area contributed by atoms with Crippen LogP contribution in [0.2, 0.25) is 16.6 Å². The average molecular weight is 495 g/mol. The zero-order chi connectivity index (χ0) is 22.8. The van der Waals surface area contributed by atoms with Gasteiger partial charge in [0.2, 0.25) is 0 Å². The van der Waals surface area contributed by atoms with Crippen LogP contribution >= 0.6 is 15.9 Å². The molecule has 0 unspecified atom stereocenters. The van der Waals surface area contributed by atoms with Crippen molar-refractivity contribution in [1.29, 1.82) is 0 Å². The molecule has 0 bridgehead atoms. The van der Waals surface area contributed by atoms with E-state index in [-0.39, 0.29) is 19.5 Å². The van der Waals surface area contributed by atoms with Gasteiger partial charge in [-0.15, -0.1) is 11.5 Å². The van der Waals surface area contributed by atoms with Crippen LogP contribution in [0.15, 0.2) is 0 Å². The lowest BCUT2D eigenvalue weighted by Crippen LogP contribution is -2.48. The van der Waals surface area contributed by atoms with E-state index in [0.717, 1.165) is 18.2 Å². The number of alkyl halides is 3. The van der Waals surface area contributed by atoms with Crippen LogP contribution in [-0.4, -0.2) is 43.2 Å². The third-order valence-corrected chi connectivity index (χ3v) is 13.1. The van der Waals surface area contributed by atoms with E-state index in [1.807, 2.05) is 0 Å². The SMILES string of the molecule is CCN(CC)C(=O)C(F)(F)[C@@H](C#C[Si](C(C)C)(C(C)C)C(C)C)CCCCCBr. The summed E-state index contributed by atoms with van der Waals surface area (Å²) >= 11 is 3.39. The van der Waals surface area contributed by atoms with Crippen molar-refractivity contribution in [3.8, 4) is 11.5 Å². The number of rotatable bonds is 12. The third kappa shape index (κ3) is 7.35. The Hall–Kier alpha value is -0.413. The minimum Gasteiger partial charge on any atom is -0.338 e. The van der Waals surface area contributed by atoms with E-state index in [1.54, 1.807) is 13.8 Å². The van der Waals surface area contributed by atoms with E-state index in [2.05, 4.69) is 68.9 Å². The van der Waals surface area contributed by atoms with E-state index in [9.17, 15) is 4.79 Å². The van der Waals surface area contributed by atoms with Crippen molar-refractivity contribution in [1.82, 2.24) is 4.90 Å². The molecule has 0 spiro atoms. The van der Waals surface area contributed by atoms with Crippen molar-refractivity contribution >= 4 is 29.9 Å². The Morgan fingerprint density at radius 3 is 1.83 bits per heavy atom. The molecule has 0 aliphatic carbocycles. The van der Waals surface area contributed by atoms with Crippen LogP contribution in [0.25, 0.3) is 0 Å². The first-order valence-electron chi connectivity index (χ1n) is 11.2. The molecular formula is C23H42BrF2NOSi. The standard InChI is InChI=1S/C23H42BrF2NOSi/c1-9-27(10-2)22(28)23(25,26)21(14-12-11-13-16-24)15-17-29(18(3)4,19(5)6)20(7)8/h18-21H,9-14,16H2,1-8H3/t21-/m1/s1. The quantitative estimate of drug-likeness (QED) is 0.121. The molecule has 0 fully saturated rings. The molecule has 2 nitrogen and oxygen atoms in total. The molecule has 0 aliphatic rings. The molecule has 0 aromatic carbocycles. The maximum atomic E-state index is 15.3. The van der Waals surface area contributed by atoms with Crippen molar-refractivity contribution in [2.24, 2.45) is 5.92 Å². The van der Waals surface area contributed by atoms with E-state index < -0.39 is 25.8 Å². The van der Waals surface area contributed by atoms with Crippen molar-refractivity contribution < 1.29 is 13.6 Å². The number of unbranched alkanes of at least 4 members (excludes halogenated alkanes) is 2. The smallest absolute Gasteiger partial charge is 0.338 e. The molecule has 29 heavy (non-hydrogen) atoms. The highest BCUT2D eigenvalue weighted by atomic mass is 79.9. The summed E-state index contributed by atoms with van der Waals surface area (Å²) in [5.41, 5.74) is 4.55. The van der Waals surface area contributed by atoms with Crippen LogP contribution in [0.1, 0.15) is 81.1 Å². The maximum absolute atomic E-state index is 15.3. The molecule has 0 heterocycles. The number of carbonyl (C=O) groups excluding carboxylic acids is 1. The summed E-state index contributed by atoms with van der Waals surface area (Å²) in [5.74, 6) is -2.73. The number of hydrogen-bond acceptors (Lipinski definition) is 1. The Morgan fingerprint density at radius 1 is 0.966 bits per heavy atom. The second kappa shape index (κ2) is 13.1. The molecule has 0 N–H and O–H groups in total. The van der Waals surface area contributed by atoms with Gasteiger partial charge in [0, 0.05) is 18.4 Å². The van der Waals surface area contributed by atoms with Gasteiger partial charge in [-0.2, -0.15) is 8.78 Å². The molecule has 0 saturated heterocycles. The van der Waals surface area contributed by atoms with E-state index in [1.165, 1.54) is 4.90 Å². The lowest BCUT2D eigenvalue weighted by molar-refractivity contribution is -0.162. The predicted molar refractivity (Wildman–Crippen MR) is 127 cm³/mol. The van der Waals surface area contributed by atoms with Gasteiger partial charge in [0.1, 0.15) is 8.07 Å². The van der Waals surface area contributed by atoms with Crippen molar-refractivity contribution in [3.05, 3.63) is 0 Å². The fourth-order valence-corrected chi connectivity index (χ4v) is 10.2. The minimum absolute atomic E-state index is 0.263. The summed E-state index contributed by atoms with van der Waals surface area (Å²) in [6.45, 7) is 17.1. The van der Waals surface area contributed by atoms with Gasteiger partial charge in [-0.3, -0.25) is 4.79 Å². The largest absolute Gasteiger partial charge is 0.338 e. The summed E-state index contributed by atoms with van der Waals surface area (Å²) in [6.07, 6.45) is 2.73. The maximum Gasteiger partial charge on any atom is 0.338 e. The van der Waals surface area contributed by atoms with Gasteiger partial charge in [0.05, 0.1) is 5.92 Å². The van der Waals surface area contributed by atoms with E-state index >= 15 is 8.78 Å². The molecule has 170 valence electrons. The second-order valence-corrected chi connectivity index (χ2v) is 15.2. The number of halogens is 3. The van der Waals surface area contributed by atoms with Gasteiger partial charge in [0.15, 0.2) is 0 Å². The van der Waals surface area contributed by atoms with Gasteiger partial charge in [-0.1, -0.05) is 70.3 Å². The fourth-order valence-electron chi connectivity index (χ4n) is 4.48. The normalized spacial score (nSPS) is 13.6. The van der Waals surface area contributed by atoms with Crippen LogP contribution in [0.5, 0.6) is 0 Å². The molecule has 6 heteroatoms. The number of hydrogen-bond donors (Lipinski definition) is 0. The monoisotopic (exact) mass is 493 g/mol. The first-order chi connectivity index (χ1) is 13.4. The molecule has 0 saturated carbocycles. The highest BCUT2D eigenvalue weighted by molar-refractivity contribution is 9.09. The minimum atomic E-state index is -3.45. The van der Waals surface area contributed by atoms with Crippen LogP contribution in [0.3, 0.4) is 0 Å². The van der Waals surface area contributed by atoms with E-state index in [4.69, 9.17) is 0 Å². The molecule has 1 atom stereocenters. The summed E-state index contributed by atoms with van der Waals surface area (Å²) in [7, 11) is -2.13. The highest BCUT2D eigenvalue weighted by Crippen LogP contribution is 2.41. The second-order valence-electron chi connectivity index (χ2n) is 8.86. The Kier molecular flexibility index (Phi) is 12.9. The Bertz CT molecular complexity index is 529. The first-order valence-corrected chi connectivity index (χ1v) is 14.5. The third-order valence-electron chi connectivity index (χ3n) is 6.23. The van der Waals surface area contributed by atoms with Crippen molar-refractivity contribution in [3.63, 3.8) is 0 Å². The van der Waals surface area contributed by atoms with Gasteiger partial charge in [-0.25, -0.2) is 0 Å². The summed E-state index contributed by atoms with van der Waals surface area (Å²) in [6, 6.07) is 0. The first kappa shape index (κ1) is 28.6. The van der Waals surface area contributed by atoms with Gasteiger partial charge in [0.25, 0.3) is 5.91 Å². The fraction of sp³-hybridized carbons (Fsp3) is 0.870. The number of amides is 1. The van der Waals surface area contributed by atoms with Crippen LogP contribution < -0.4 is 0 Å². The molecule has 0 aromatic heterocycles. The predicted octanol–water partition coefficient (Wildman–Crippen LogP) is 7.28. The van der Waals surface area contributed by atoms with Crippen molar-refractivity contribution in [2.75, 3.05) is 18.4 Å². The van der Waals surface area contributed by atoms with Crippen molar-refractivity contribution in [2.45, 2.75) is 104 Å². The highest BCUT2D eigenvalue weighted by Gasteiger charge is 2.49. The Labute approximate surface area is 187 Å². The lowest BCUT2D eigenvalue weighted by Gasteiger charge is -2.38. The van der Waals surface area contributed by atoms with Gasteiger partial charge >= 0.3 is 5.92 Å². The van der Waals surface area contributed by atoms with Crippen LogP contribution in [0, 0.1) is 17.4 Å². The molecule has 1 amide bonds. The van der Waals surface area contributed by atoms with Crippen LogP contribution in [0.4, 0.5) is 8.78 Å². The lowest BCUT2D eigenvalue weighted by atomic mass is 9.94. The Balaban J connectivity index is 6.09. The molecule has 0 aromatic rings. The number of carbonyl (C=O) groups is 1. The molecule has 0 aliphatic heterocycles. The van der Waals surface area contributed by atoms with Gasteiger partial charge < -0.3 is 4.90 Å².